The van der Waals surface area contributed by atoms with E-state index in [0.717, 1.165) is 60.0 Å². The maximum absolute atomic E-state index is 12.5. The summed E-state index contributed by atoms with van der Waals surface area (Å²) >= 11 is 1.14. The Labute approximate surface area is 176 Å². The van der Waals surface area contributed by atoms with Crippen molar-refractivity contribution in [1.82, 2.24) is 4.90 Å². The molecule has 0 amide bonds. The van der Waals surface area contributed by atoms with Gasteiger partial charge in [0.15, 0.2) is 0 Å². The monoisotopic (exact) mass is 416 g/mol. The van der Waals surface area contributed by atoms with E-state index in [-0.39, 0.29) is 16.6 Å². The Kier molecular flexibility index (Phi) is 7.14. The molecule has 2 aromatic rings. The first-order valence-electron chi connectivity index (χ1n) is 9.92. The van der Waals surface area contributed by atoms with Crippen molar-refractivity contribution in [3.8, 4) is 5.75 Å². The zero-order valence-corrected chi connectivity index (χ0v) is 18.0. The average Bonchev–Trinajstić information content (AvgIpc) is 2.74. The molecule has 1 saturated heterocycles. The Bertz CT molecular complexity index is 865. The number of likely N-dealkylation sites (tertiary alicyclic amines) is 1. The fourth-order valence-corrected chi connectivity index (χ4v) is 4.15. The first kappa shape index (κ1) is 21.6. The van der Waals surface area contributed by atoms with E-state index in [0.29, 0.717) is 13.2 Å². The zero-order chi connectivity index (χ0) is 20.9. The predicted molar refractivity (Wildman–Crippen MR) is 117 cm³/mol. The van der Waals surface area contributed by atoms with Crippen molar-refractivity contribution in [1.29, 1.82) is 0 Å². The fourth-order valence-electron chi connectivity index (χ4n) is 3.61. The molecule has 1 aliphatic rings. The minimum atomic E-state index is -0.318. The number of carbonyl (C=O) groups excluding carboxylic acids is 1. The van der Waals surface area contributed by atoms with Crippen LogP contribution in [0.5, 0.6) is 5.75 Å². The molecule has 0 aliphatic carbocycles. The molecule has 6 nitrogen and oxygen atoms in total. The molecule has 1 fully saturated rings. The molecule has 0 bridgehead atoms. The summed E-state index contributed by atoms with van der Waals surface area (Å²) in [5, 5.41) is 2.15. The van der Waals surface area contributed by atoms with Gasteiger partial charge in [-0.2, -0.15) is 0 Å². The largest absolute Gasteiger partial charge is 0.497 e. The first-order chi connectivity index (χ1) is 13.9. The molecule has 0 spiro atoms. The molecule has 2 aromatic carbocycles. The van der Waals surface area contributed by atoms with Crippen molar-refractivity contribution in [2.75, 3.05) is 33.4 Å². The summed E-state index contributed by atoms with van der Waals surface area (Å²) in [5.41, 5.74) is 0.944. The van der Waals surface area contributed by atoms with Gasteiger partial charge in [0.05, 0.1) is 13.0 Å². The van der Waals surface area contributed by atoms with E-state index in [9.17, 15) is 9.70 Å². The summed E-state index contributed by atoms with van der Waals surface area (Å²) < 4.78 is 13.7. The molecular weight excluding hydrogens is 388 g/mol. The third-order valence-electron chi connectivity index (χ3n) is 5.75. The van der Waals surface area contributed by atoms with Crippen LogP contribution in [0.25, 0.3) is 10.8 Å². The molecule has 7 heteroatoms. The normalized spacial score (nSPS) is 17.6. The highest BCUT2D eigenvalue weighted by molar-refractivity contribution is 7.99. The number of benzene rings is 2. The molecule has 1 heterocycles. The SMILES string of the molecule is COc1ccc2cc([C@H](C)C(=O)OCCN3CCC(C)(SN=O)CC3)ccc2c1. The highest BCUT2D eigenvalue weighted by Gasteiger charge is 2.31. The number of piperidine rings is 1. The summed E-state index contributed by atoms with van der Waals surface area (Å²) in [4.78, 5) is 25.3. The van der Waals surface area contributed by atoms with Gasteiger partial charge in [-0.15, -0.1) is 4.91 Å². The predicted octanol–water partition coefficient (Wildman–Crippen LogP) is 4.76. The van der Waals surface area contributed by atoms with Gasteiger partial charge >= 0.3 is 5.97 Å². The number of methoxy groups -OCH3 is 1. The van der Waals surface area contributed by atoms with Gasteiger partial charge in [0.25, 0.3) is 0 Å². The maximum atomic E-state index is 12.5. The molecule has 29 heavy (non-hydrogen) atoms. The molecule has 1 aliphatic heterocycles. The molecule has 1 atom stereocenters. The fraction of sp³-hybridized carbons (Fsp3) is 0.500. The van der Waals surface area contributed by atoms with Crippen LogP contribution >= 0.6 is 11.9 Å². The number of hydrogen-bond donors (Lipinski definition) is 0. The van der Waals surface area contributed by atoms with Crippen LogP contribution in [0.15, 0.2) is 41.0 Å². The number of carbonyl (C=O) groups is 1. The Morgan fingerprint density at radius 3 is 2.59 bits per heavy atom. The summed E-state index contributed by atoms with van der Waals surface area (Å²) in [7, 11) is 1.65. The number of fused-ring (bicyclic) bond motifs is 1. The number of ether oxygens (including phenoxy) is 2. The van der Waals surface area contributed by atoms with E-state index in [1.54, 1.807) is 7.11 Å². The Balaban J connectivity index is 1.49. The van der Waals surface area contributed by atoms with Gasteiger partial charge in [0.1, 0.15) is 12.4 Å². The van der Waals surface area contributed by atoms with E-state index in [1.807, 2.05) is 43.3 Å². The molecule has 0 N–H and O–H groups in total. The van der Waals surface area contributed by atoms with Crippen molar-refractivity contribution in [3.63, 3.8) is 0 Å². The lowest BCUT2D eigenvalue weighted by molar-refractivity contribution is -0.145. The quantitative estimate of drug-likeness (QED) is 0.351. The molecular formula is C22H28N2O4S. The lowest BCUT2D eigenvalue weighted by Crippen LogP contribution is -2.42. The number of hydrogen-bond acceptors (Lipinski definition) is 7. The second-order valence-electron chi connectivity index (χ2n) is 7.82. The molecule has 0 aromatic heterocycles. The Morgan fingerprint density at radius 2 is 1.90 bits per heavy atom. The van der Waals surface area contributed by atoms with Crippen LogP contribution in [-0.2, 0) is 9.53 Å². The van der Waals surface area contributed by atoms with Gasteiger partial charge in [-0.25, -0.2) is 0 Å². The number of nitrogens with zero attached hydrogens (tertiary/aromatic N) is 2. The topological polar surface area (TPSA) is 68.2 Å². The third-order valence-corrected chi connectivity index (χ3v) is 6.67. The second-order valence-corrected chi connectivity index (χ2v) is 9.14. The lowest BCUT2D eigenvalue weighted by Gasteiger charge is -2.36. The van der Waals surface area contributed by atoms with Gasteiger partial charge in [0, 0.05) is 27.8 Å². The van der Waals surface area contributed by atoms with Crippen LogP contribution in [0.4, 0.5) is 0 Å². The van der Waals surface area contributed by atoms with E-state index < -0.39 is 0 Å². The van der Waals surface area contributed by atoms with Crippen molar-refractivity contribution in [2.24, 2.45) is 4.58 Å². The highest BCUT2D eigenvalue weighted by Crippen LogP contribution is 2.36. The highest BCUT2D eigenvalue weighted by atomic mass is 32.2. The minimum absolute atomic E-state index is 0.0659. The van der Waals surface area contributed by atoms with E-state index in [4.69, 9.17) is 9.47 Å². The van der Waals surface area contributed by atoms with E-state index in [2.05, 4.69) is 16.4 Å². The van der Waals surface area contributed by atoms with Gasteiger partial charge in [-0.05, 0) is 68.2 Å². The van der Waals surface area contributed by atoms with Crippen LogP contribution in [0.1, 0.15) is 38.2 Å². The lowest BCUT2D eigenvalue weighted by atomic mass is 9.97. The molecule has 0 saturated carbocycles. The average molecular weight is 417 g/mol. The molecule has 0 unspecified atom stereocenters. The minimum Gasteiger partial charge on any atom is -0.497 e. The Hall–Kier alpha value is -2.12. The van der Waals surface area contributed by atoms with Gasteiger partial charge in [-0.1, -0.05) is 24.3 Å². The van der Waals surface area contributed by atoms with Crippen molar-refractivity contribution < 1.29 is 14.3 Å². The Morgan fingerprint density at radius 1 is 1.21 bits per heavy atom. The second kappa shape index (κ2) is 9.59. The summed E-state index contributed by atoms with van der Waals surface area (Å²) in [6, 6.07) is 11.9. The van der Waals surface area contributed by atoms with Crippen LogP contribution < -0.4 is 4.74 Å². The first-order valence-corrected chi connectivity index (χ1v) is 10.7. The molecule has 0 radical (unpaired) electrons. The summed E-state index contributed by atoms with van der Waals surface area (Å²) in [6.07, 6.45) is 1.82. The summed E-state index contributed by atoms with van der Waals surface area (Å²) in [6.45, 7) is 6.83. The van der Waals surface area contributed by atoms with Crippen LogP contribution in [0.2, 0.25) is 0 Å². The van der Waals surface area contributed by atoms with Crippen LogP contribution in [0.3, 0.4) is 0 Å². The number of rotatable bonds is 8. The number of esters is 1. The zero-order valence-electron chi connectivity index (χ0n) is 17.2. The van der Waals surface area contributed by atoms with Gasteiger partial charge < -0.3 is 9.47 Å². The smallest absolute Gasteiger partial charge is 0.313 e. The maximum Gasteiger partial charge on any atom is 0.313 e. The molecule has 156 valence electrons. The van der Waals surface area contributed by atoms with Crippen LogP contribution in [-0.4, -0.2) is 49.0 Å². The van der Waals surface area contributed by atoms with E-state index in [1.165, 1.54) is 0 Å². The van der Waals surface area contributed by atoms with Gasteiger partial charge in [-0.3, -0.25) is 9.69 Å². The van der Waals surface area contributed by atoms with E-state index >= 15 is 0 Å². The third kappa shape index (κ3) is 5.48. The van der Waals surface area contributed by atoms with Gasteiger partial charge in [0.2, 0.25) is 0 Å². The standard InChI is InChI=1S/C22H28N2O4S/c1-16(17-4-5-19-15-20(27-3)7-6-18(19)14-17)21(25)28-13-12-24-10-8-22(2,9-11-24)29-23-26/h4-7,14-16H,8-13H2,1-3H3/t16-/m0/s1. The van der Waals surface area contributed by atoms with Crippen molar-refractivity contribution in [2.45, 2.75) is 37.4 Å². The molecule has 3 rings (SSSR count). The summed E-state index contributed by atoms with van der Waals surface area (Å²) in [5.74, 6) is 0.290. The number of nitroso groups, excluding NO2 is 1. The van der Waals surface area contributed by atoms with Crippen LogP contribution in [0, 0.1) is 4.91 Å². The van der Waals surface area contributed by atoms with Crippen molar-refractivity contribution in [3.05, 3.63) is 46.9 Å². The van der Waals surface area contributed by atoms with Crippen molar-refractivity contribution >= 4 is 28.7 Å².